The molecule has 0 saturated heterocycles. The number of hydrogen-bond acceptors (Lipinski definition) is 1. The first-order valence-corrected chi connectivity index (χ1v) is 7.36. The molecule has 0 aromatic heterocycles. The summed E-state index contributed by atoms with van der Waals surface area (Å²) in [6.07, 6.45) is 0.788. The highest BCUT2D eigenvalue weighted by molar-refractivity contribution is 9.10. The Balaban J connectivity index is 2.20. The molecule has 0 aliphatic carbocycles. The van der Waals surface area contributed by atoms with Crippen molar-refractivity contribution in [2.75, 3.05) is 7.11 Å². The molecule has 3 heteroatoms. The lowest BCUT2D eigenvalue weighted by Gasteiger charge is -2.14. The van der Waals surface area contributed by atoms with E-state index in [1.807, 2.05) is 24.3 Å². The summed E-state index contributed by atoms with van der Waals surface area (Å²) in [5.74, 6) is 0.868. The predicted molar refractivity (Wildman–Crippen MR) is 84.2 cm³/mol. The molecule has 19 heavy (non-hydrogen) atoms. The minimum Gasteiger partial charge on any atom is -0.497 e. The number of alkyl halides is 1. The van der Waals surface area contributed by atoms with Crippen LogP contribution in [0, 0.1) is 6.92 Å². The number of aryl methyl sites for hydroxylation is 1. The fraction of sp³-hybridized carbons (Fsp3) is 0.250. The molecule has 100 valence electrons. The predicted octanol–water partition coefficient (Wildman–Crippen LogP) is 5.29. The first kappa shape index (κ1) is 14.4. The van der Waals surface area contributed by atoms with Crippen molar-refractivity contribution in [3.63, 3.8) is 0 Å². The molecule has 1 atom stereocenters. The maximum absolute atomic E-state index is 6.55. The van der Waals surface area contributed by atoms with Crippen LogP contribution in [0.1, 0.15) is 22.1 Å². The Morgan fingerprint density at radius 1 is 1.21 bits per heavy atom. The lowest BCUT2D eigenvalue weighted by atomic mass is 10.00. The number of rotatable bonds is 4. The number of hydrogen-bond donors (Lipinski definition) is 0. The molecule has 0 amide bonds. The second kappa shape index (κ2) is 6.44. The summed E-state index contributed by atoms with van der Waals surface area (Å²) in [6.45, 7) is 2.09. The van der Waals surface area contributed by atoms with Gasteiger partial charge in [0.25, 0.3) is 0 Å². The lowest BCUT2D eigenvalue weighted by Crippen LogP contribution is -1.99. The maximum Gasteiger partial charge on any atom is 0.119 e. The molecule has 2 aromatic rings. The van der Waals surface area contributed by atoms with Crippen LogP contribution >= 0.6 is 27.5 Å². The van der Waals surface area contributed by atoms with Crippen LogP contribution < -0.4 is 4.74 Å². The van der Waals surface area contributed by atoms with Gasteiger partial charge in [-0.1, -0.05) is 34.1 Å². The molecule has 0 fully saturated rings. The number of benzene rings is 2. The summed E-state index contributed by atoms with van der Waals surface area (Å²) >= 11 is 10.0. The van der Waals surface area contributed by atoms with E-state index in [2.05, 4.69) is 41.1 Å². The van der Waals surface area contributed by atoms with Crippen molar-refractivity contribution in [1.82, 2.24) is 0 Å². The fourth-order valence-electron chi connectivity index (χ4n) is 2.07. The van der Waals surface area contributed by atoms with Crippen molar-refractivity contribution in [1.29, 1.82) is 0 Å². The first-order valence-electron chi connectivity index (χ1n) is 6.13. The summed E-state index contributed by atoms with van der Waals surface area (Å²) in [4.78, 5) is 0. The number of methoxy groups -OCH3 is 1. The van der Waals surface area contributed by atoms with E-state index in [0.717, 1.165) is 16.6 Å². The zero-order chi connectivity index (χ0) is 13.8. The average molecular weight is 340 g/mol. The zero-order valence-corrected chi connectivity index (χ0v) is 13.3. The van der Waals surface area contributed by atoms with Crippen molar-refractivity contribution >= 4 is 27.5 Å². The minimum atomic E-state index is -0.0374. The molecule has 1 unspecified atom stereocenters. The second-order valence-corrected chi connectivity index (χ2v) is 5.97. The van der Waals surface area contributed by atoms with Crippen LogP contribution in [-0.2, 0) is 6.42 Å². The molecular weight excluding hydrogens is 324 g/mol. The summed E-state index contributed by atoms with van der Waals surface area (Å²) in [6, 6.07) is 14.2. The van der Waals surface area contributed by atoms with Crippen LogP contribution in [-0.4, -0.2) is 7.11 Å². The number of halogens is 2. The molecule has 0 saturated carbocycles. The Kier molecular flexibility index (Phi) is 4.89. The van der Waals surface area contributed by atoms with Crippen LogP contribution in [0.5, 0.6) is 5.75 Å². The van der Waals surface area contributed by atoms with Gasteiger partial charge in [-0.25, -0.2) is 0 Å². The summed E-state index contributed by atoms with van der Waals surface area (Å²) < 4.78 is 6.29. The highest BCUT2D eigenvalue weighted by Crippen LogP contribution is 2.30. The average Bonchev–Trinajstić information content (AvgIpc) is 2.41. The Morgan fingerprint density at radius 3 is 2.74 bits per heavy atom. The Labute approximate surface area is 127 Å². The molecule has 0 N–H and O–H groups in total. The molecule has 2 aromatic carbocycles. The Bertz CT molecular complexity index is 568. The fourth-order valence-corrected chi connectivity index (χ4v) is 2.86. The van der Waals surface area contributed by atoms with Gasteiger partial charge in [-0.15, -0.1) is 11.6 Å². The van der Waals surface area contributed by atoms with Crippen LogP contribution in [0.25, 0.3) is 0 Å². The second-order valence-electron chi connectivity index (χ2n) is 4.52. The molecule has 0 spiro atoms. The van der Waals surface area contributed by atoms with Gasteiger partial charge in [0.15, 0.2) is 0 Å². The monoisotopic (exact) mass is 338 g/mol. The molecule has 0 aliphatic rings. The van der Waals surface area contributed by atoms with Gasteiger partial charge in [0.2, 0.25) is 0 Å². The van der Waals surface area contributed by atoms with Gasteiger partial charge in [-0.3, -0.25) is 0 Å². The smallest absolute Gasteiger partial charge is 0.119 e. The van der Waals surface area contributed by atoms with E-state index in [4.69, 9.17) is 16.3 Å². The third kappa shape index (κ3) is 3.74. The molecule has 2 rings (SSSR count). The molecule has 0 aliphatic heterocycles. The summed E-state index contributed by atoms with van der Waals surface area (Å²) in [5, 5.41) is -0.0374. The van der Waals surface area contributed by atoms with Gasteiger partial charge >= 0.3 is 0 Å². The molecule has 1 nitrogen and oxygen atoms in total. The third-order valence-corrected chi connectivity index (χ3v) is 4.01. The van der Waals surface area contributed by atoms with Gasteiger partial charge in [0, 0.05) is 4.47 Å². The van der Waals surface area contributed by atoms with E-state index in [1.54, 1.807) is 7.11 Å². The SMILES string of the molecule is COc1cccc(CC(Cl)c2cc(Br)ccc2C)c1. The zero-order valence-electron chi connectivity index (χ0n) is 11.0. The highest BCUT2D eigenvalue weighted by atomic mass is 79.9. The summed E-state index contributed by atoms with van der Waals surface area (Å²) in [5.41, 5.74) is 3.56. The van der Waals surface area contributed by atoms with Crippen molar-refractivity contribution < 1.29 is 4.74 Å². The lowest BCUT2D eigenvalue weighted by molar-refractivity contribution is 0.414. The topological polar surface area (TPSA) is 9.23 Å². The third-order valence-electron chi connectivity index (χ3n) is 3.13. The van der Waals surface area contributed by atoms with Crippen LogP contribution in [0.3, 0.4) is 0 Å². The standard InChI is InChI=1S/C16H16BrClO/c1-11-6-7-13(17)10-15(11)16(18)9-12-4-3-5-14(8-12)19-2/h3-8,10,16H,9H2,1-2H3. The highest BCUT2D eigenvalue weighted by Gasteiger charge is 2.12. The van der Waals surface area contributed by atoms with Crippen molar-refractivity contribution in [3.8, 4) is 5.75 Å². The first-order chi connectivity index (χ1) is 9.10. The maximum atomic E-state index is 6.55. The van der Waals surface area contributed by atoms with Crippen molar-refractivity contribution in [2.45, 2.75) is 18.7 Å². The van der Waals surface area contributed by atoms with Gasteiger partial charge < -0.3 is 4.74 Å². The molecular formula is C16H16BrClO. The van der Waals surface area contributed by atoms with E-state index < -0.39 is 0 Å². The summed E-state index contributed by atoms with van der Waals surface area (Å²) in [7, 11) is 1.68. The van der Waals surface area contributed by atoms with Crippen molar-refractivity contribution in [2.24, 2.45) is 0 Å². The Morgan fingerprint density at radius 2 is 2.00 bits per heavy atom. The van der Waals surface area contributed by atoms with E-state index >= 15 is 0 Å². The van der Waals surface area contributed by atoms with E-state index in [1.165, 1.54) is 16.7 Å². The number of ether oxygens (including phenoxy) is 1. The quantitative estimate of drug-likeness (QED) is 0.688. The Hall–Kier alpha value is -0.990. The van der Waals surface area contributed by atoms with Gasteiger partial charge in [-0.2, -0.15) is 0 Å². The van der Waals surface area contributed by atoms with Crippen molar-refractivity contribution in [3.05, 3.63) is 63.6 Å². The minimum absolute atomic E-state index is 0.0374. The molecule has 0 radical (unpaired) electrons. The van der Waals surface area contributed by atoms with E-state index in [-0.39, 0.29) is 5.38 Å². The van der Waals surface area contributed by atoms with Crippen LogP contribution in [0.2, 0.25) is 0 Å². The van der Waals surface area contributed by atoms with E-state index in [9.17, 15) is 0 Å². The van der Waals surface area contributed by atoms with Crippen LogP contribution in [0.15, 0.2) is 46.9 Å². The largest absolute Gasteiger partial charge is 0.497 e. The molecule has 0 bridgehead atoms. The normalized spacial score (nSPS) is 12.2. The van der Waals surface area contributed by atoms with Gasteiger partial charge in [0.05, 0.1) is 12.5 Å². The van der Waals surface area contributed by atoms with Gasteiger partial charge in [0.1, 0.15) is 5.75 Å². The molecule has 0 heterocycles. The van der Waals surface area contributed by atoms with Crippen LogP contribution in [0.4, 0.5) is 0 Å². The van der Waals surface area contributed by atoms with E-state index in [0.29, 0.717) is 0 Å². The van der Waals surface area contributed by atoms with Gasteiger partial charge in [-0.05, 0) is 54.3 Å².